The van der Waals surface area contributed by atoms with Gasteiger partial charge in [0.15, 0.2) is 0 Å². The third-order valence-corrected chi connectivity index (χ3v) is 5.68. The number of anilines is 1. The van der Waals surface area contributed by atoms with Gasteiger partial charge in [-0.05, 0) is 12.2 Å². The fourth-order valence-corrected chi connectivity index (χ4v) is 3.53. The SMILES string of the molecule is C1COCSC1.CC(=O)Nc1cccc([As](=O)(O)OO)c1. The Labute approximate surface area is 129 Å². The third-order valence-electron chi connectivity index (χ3n) is 2.35. The van der Waals surface area contributed by atoms with Crippen molar-refractivity contribution < 1.29 is 26.5 Å². The van der Waals surface area contributed by atoms with Crippen LogP contribution in [0.3, 0.4) is 0 Å². The van der Waals surface area contributed by atoms with Gasteiger partial charge in [-0.15, -0.1) is 11.8 Å². The first kappa shape index (κ1) is 18.3. The van der Waals surface area contributed by atoms with E-state index in [1.165, 1.54) is 37.3 Å². The Balaban J connectivity index is 0.000000304. The Kier molecular flexibility index (Phi) is 8.09. The van der Waals surface area contributed by atoms with Gasteiger partial charge in [0, 0.05) is 6.61 Å². The van der Waals surface area contributed by atoms with Gasteiger partial charge >= 0.3 is 88.4 Å². The molecule has 1 unspecified atom stereocenters. The van der Waals surface area contributed by atoms with E-state index in [0.29, 0.717) is 5.69 Å². The summed E-state index contributed by atoms with van der Waals surface area (Å²) in [6.07, 6.45) is 1.24. The molecule has 9 heteroatoms. The van der Waals surface area contributed by atoms with Gasteiger partial charge in [-0.1, -0.05) is 0 Å². The third kappa shape index (κ3) is 7.17. The first-order valence-electron chi connectivity index (χ1n) is 6.15. The summed E-state index contributed by atoms with van der Waals surface area (Å²) in [6, 6.07) is 5.64. The van der Waals surface area contributed by atoms with E-state index < -0.39 is 14.2 Å². The van der Waals surface area contributed by atoms with E-state index in [9.17, 15) is 12.6 Å². The molecule has 1 aliphatic heterocycles. The molecule has 3 N–H and O–H groups in total. The molecule has 118 valence electrons. The van der Waals surface area contributed by atoms with Crippen molar-refractivity contribution in [2.75, 3.05) is 23.6 Å². The molecule has 0 saturated carbocycles. The van der Waals surface area contributed by atoms with Gasteiger partial charge in [0.25, 0.3) is 0 Å². The first-order valence-corrected chi connectivity index (χ1v) is 10.6. The number of thioether (sulfide) groups is 1. The van der Waals surface area contributed by atoms with Crippen LogP contribution in [0.4, 0.5) is 5.69 Å². The van der Waals surface area contributed by atoms with Crippen molar-refractivity contribution in [1.82, 2.24) is 0 Å². The monoisotopic (exact) mass is 379 g/mol. The molecule has 1 aliphatic rings. The van der Waals surface area contributed by atoms with Crippen LogP contribution in [-0.2, 0) is 17.1 Å². The Morgan fingerprint density at radius 2 is 2.29 bits per heavy atom. The second kappa shape index (κ2) is 9.30. The Bertz CT molecular complexity index is 497. The zero-order valence-electron chi connectivity index (χ0n) is 11.5. The van der Waals surface area contributed by atoms with Crippen molar-refractivity contribution in [3.05, 3.63) is 24.3 Å². The van der Waals surface area contributed by atoms with Crippen LogP contribution in [-0.4, -0.2) is 47.7 Å². The van der Waals surface area contributed by atoms with Gasteiger partial charge in [-0.25, -0.2) is 0 Å². The second-order valence-corrected chi connectivity index (χ2v) is 8.78. The van der Waals surface area contributed by atoms with Crippen molar-refractivity contribution in [2.45, 2.75) is 13.3 Å². The summed E-state index contributed by atoms with van der Waals surface area (Å²) in [5, 5.41) is 10.7. The van der Waals surface area contributed by atoms with Crippen molar-refractivity contribution in [2.24, 2.45) is 0 Å². The van der Waals surface area contributed by atoms with Gasteiger partial charge < -0.3 is 4.74 Å². The Hall–Kier alpha value is -0.762. The number of carbonyl (C=O) groups is 1. The number of carbonyl (C=O) groups excluding carboxylic acids is 1. The molecule has 1 aromatic rings. The molecule has 0 aromatic heterocycles. The van der Waals surface area contributed by atoms with Gasteiger partial charge in [-0.2, -0.15) is 0 Å². The van der Waals surface area contributed by atoms with Crippen LogP contribution in [0, 0.1) is 0 Å². The van der Waals surface area contributed by atoms with Crippen molar-refractivity contribution in [1.29, 1.82) is 0 Å². The topological polar surface area (TPSA) is 105 Å². The van der Waals surface area contributed by atoms with Crippen LogP contribution in [0.25, 0.3) is 0 Å². The molecule has 1 saturated heterocycles. The molecule has 0 radical (unpaired) electrons. The normalized spacial score (nSPS) is 17.1. The first-order chi connectivity index (χ1) is 9.95. The second-order valence-electron chi connectivity index (χ2n) is 4.12. The number of hydrogen-bond donors (Lipinski definition) is 3. The maximum absolute atomic E-state index is 11.3. The molecular formula is C12H18AsNO6S. The number of ether oxygens (including phenoxy) is 1. The van der Waals surface area contributed by atoms with Crippen LogP contribution < -0.4 is 9.67 Å². The number of hydrogen-bond acceptors (Lipinski definition) is 6. The van der Waals surface area contributed by atoms with Gasteiger partial charge in [0.1, 0.15) is 0 Å². The number of rotatable bonds is 3. The predicted molar refractivity (Wildman–Crippen MR) is 80.6 cm³/mol. The fraction of sp³-hybridized carbons (Fsp3) is 0.417. The molecule has 21 heavy (non-hydrogen) atoms. The summed E-state index contributed by atoms with van der Waals surface area (Å²) < 4.78 is 29.0. The molecule has 7 nitrogen and oxygen atoms in total. The van der Waals surface area contributed by atoms with Crippen molar-refractivity contribution >= 4 is 41.9 Å². The van der Waals surface area contributed by atoms with E-state index in [1.54, 1.807) is 6.07 Å². The van der Waals surface area contributed by atoms with E-state index in [1.807, 2.05) is 11.8 Å². The van der Waals surface area contributed by atoms with E-state index in [2.05, 4.69) is 9.19 Å². The molecule has 1 amide bonds. The predicted octanol–water partition coefficient (Wildman–Crippen LogP) is 0.801. The van der Waals surface area contributed by atoms with Crippen LogP contribution in [0.15, 0.2) is 24.3 Å². The average molecular weight is 379 g/mol. The molecular weight excluding hydrogens is 361 g/mol. The molecule has 1 aromatic carbocycles. The zero-order chi connectivity index (χ0) is 15.7. The summed E-state index contributed by atoms with van der Waals surface area (Å²) in [5.41, 5.74) is 0.368. The summed E-state index contributed by atoms with van der Waals surface area (Å²) in [6.45, 7) is 2.30. The molecule has 0 spiro atoms. The summed E-state index contributed by atoms with van der Waals surface area (Å²) in [5.74, 6) is 1.91. The van der Waals surface area contributed by atoms with Crippen LogP contribution in [0.5, 0.6) is 0 Å². The standard InChI is InChI=1S/C8H10AsNO5.C4H8OS/c1-6(11)10-8-4-2-3-7(5-8)9(12,13)15-14;1-2-5-4-6-3-1/h2-5,14H,1H3,(H,10,11)(H,12,13);1-4H2. The van der Waals surface area contributed by atoms with E-state index in [0.717, 1.165) is 12.5 Å². The van der Waals surface area contributed by atoms with E-state index in [-0.39, 0.29) is 10.3 Å². The van der Waals surface area contributed by atoms with Crippen molar-refractivity contribution in [3.63, 3.8) is 0 Å². The molecule has 1 heterocycles. The minimum absolute atomic E-state index is 0.0399. The quantitative estimate of drug-likeness (QED) is 0.405. The van der Waals surface area contributed by atoms with Crippen LogP contribution >= 0.6 is 11.8 Å². The van der Waals surface area contributed by atoms with Gasteiger partial charge in [0.05, 0.1) is 5.94 Å². The van der Waals surface area contributed by atoms with Gasteiger partial charge in [-0.3, -0.25) is 0 Å². The number of amides is 1. The van der Waals surface area contributed by atoms with E-state index in [4.69, 9.17) is 9.99 Å². The number of benzene rings is 1. The van der Waals surface area contributed by atoms with Crippen molar-refractivity contribution in [3.8, 4) is 0 Å². The Morgan fingerprint density at radius 3 is 2.71 bits per heavy atom. The van der Waals surface area contributed by atoms with Crippen LogP contribution in [0.1, 0.15) is 13.3 Å². The summed E-state index contributed by atoms with van der Waals surface area (Å²) in [7, 11) is 0. The summed E-state index contributed by atoms with van der Waals surface area (Å²) in [4.78, 5) is 10.7. The molecule has 1 atom stereocenters. The Morgan fingerprint density at radius 1 is 1.52 bits per heavy atom. The minimum atomic E-state index is -4.83. The van der Waals surface area contributed by atoms with Crippen LogP contribution in [0.2, 0.25) is 0 Å². The number of nitrogens with one attached hydrogen (secondary N) is 1. The molecule has 0 bridgehead atoms. The van der Waals surface area contributed by atoms with E-state index >= 15 is 0 Å². The average Bonchev–Trinajstić information content (AvgIpc) is 2.49. The summed E-state index contributed by atoms with van der Waals surface area (Å²) >= 11 is -2.95. The van der Waals surface area contributed by atoms with Gasteiger partial charge in [0.2, 0.25) is 0 Å². The molecule has 0 aliphatic carbocycles. The molecule has 1 fully saturated rings. The maximum atomic E-state index is 11.3. The fourth-order valence-electron chi connectivity index (χ4n) is 1.45. The zero-order valence-corrected chi connectivity index (χ0v) is 14.2. The molecule has 2 rings (SSSR count).